The first kappa shape index (κ1) is 24.1. The van der Waals surface area contributed by atoms with Crippen LogP contribution in [-0.2, 0) is 4.74 Å². The van der Waals surface area contributed by atoms with Gasteiger partial charge in [0.25, 0.3) is 0 Å². The molecule has 1 atom stereocenters. The van der Waals surface area contributed by atoms with Crippen LogP contribution in [0.15, 0.2) is 35.1 Å². The van der Waals surface area contributed by atoms with Crippen molar-refractivity contribution in [3.63, 3.8) is 0 Å². The lowest BCUT2D eigenvalue weighted by Crippen LogP contribution is -2.33. The molecule has 1 amide bonds. The Hall–Kier alpha value is -1.92. The fourth-order valence-electron chi connectivity index (χ4n) is 2.82. The SMILES string of the molecule is CCC1=C(CCC(C)CCNC(=O)OC(C)(C)C)NC/C=C/C(C(F)(F)F)=C1. The molecule has 1 aliphatic heterocycles. The van der Waals surface area contributed by atoms with Gasteiger partial charge >= 0.3 is 12.3 Å². The molecule has 0 spiro atoms. The zero-order valence-corrected chi connectivity index (χ0v) is 17.5. The summed E-state index contributed by atoms with van der Waals surface area (Å²) in [7, 11) is 0. The molecule has 0 aromatic carbocycles. The minimum absolute atomic E-state index is 0.314. The highest BCUT2D eigenvalue weighted by molar-refractivity contribution is 5.67. The van der Waals surface area contributed by atoms with E-state index in [-0.39, 0.29) is 0 Å². The Morgan fingerprint density at radius 2 is 1.96 bits per heavy atom. The molecule has 1 heterocycles. The van der Waals surface area contributed by atoms with E-state index < -0.39 is 23.4 Å². The highest BCUT2D eigenvalue weighted by Crippen LogP contribution is 2.30. The van der Waals surface area contributed by atoms with Crippen LogP contribution < -0.4 is 10.6 Å². The maximum Gasteiger partial charge on any atom is 0.416 e. The number of ether oxygens (including phenoxy) is 1. The number of hydrogen-bond donors (Lipinski definition) is 2. The largest absolute Gasteiger partial charge is 0.444 e. The van der Waals surface area contributed by atoms with Crippen LogP contribution in [0.5, 0.6) is 0 Å². The Morgan fingerprint density at radius 3 is 2.54 bits per heavy atom. The molecule has 0 aromatic rings. The lowest BCUT2D eigenvalue weighted by Gasteiger charge is -2.21. The van der Waals surface area contributed by atoms with E-state index >= 15 is 0 Å². The van der Waals surface area contributed by atoms with Gasteiger partial charge in [0.2, 0.25) is 0 Å². The maximum absolute atomic E-state index is 13.1. The fourth-order valence-corrected chi connectivity index (χ4v) is 2.82. The maximum atomic E-state index is 13.1. The smallest absolute Gasteiger partial charge is 0.416 e. The number of carbonyl (C=O) groups excluding carboxylic acids is 1. The van der Waals surface area contributed by atoms with Crippen molar-refractivity contribution in [3.8, 4) is 0 Å². The van der Waals surface area contributed by atoms with Crippen molar-refractivity contribution in [2.45, 2.75) is 72.1 Å². The molecule has 0 saturated heterocycles. The molecule has 4 nitrogen and oxygen atoms in total. The van der Waals surface area contributed by atoms with E-state index in [1.54, 1.807) is 0 Å². The average Bonchev–Trinajstić information content (AvgIpc) is 2.51. The van der Waals surface area contributed by atoms with E-state index in [4.69, 9.17) is 4.74 Å². The number of alkyl carbamates (subject to hydrolysis) is 1. The quantitative estimate of drug-likeness (QED) is 0.580. The monoisotopic (exact) mass is 402 g/mol. The Morgan fingerprint density at radius 1 is 1.29 bits per heavy atom. The second-order valence-corrected chi connectivity index (χ2v) is 8.10. The minimum atomic E-state index is -4.35. The van der Waals surface area contributed by atoms with Gasteiger partial charge in [0.05, 0.1) is 5.57 Å². The number of rotatable bonds is 7. The summed E-state index contributed by atoms with van der Waals surface area (Å²) in [5, 5.41) is 5.98. The van der Waals surface area contributed by atoms with Gasteiger partial charge in [0.1, 0.15) is 5.60 Å². The van der Waals surface area contributed by atoms with Crippen LogP contribution in [0.2, 0.25) is 0 Å². The number of allylic oxidation sites excluding steroid dienone is 5. The van der Waals surface area contributed by atoms with E-state index in [1.165, 1.54) is 12.2 Å². The average molecular weight is 403 g/mol. The normalized spacial score (nSPS) is 17.8. The molecule has 0 aliphatic carbocycles. The van der Waals surface area contributed by atoms with Crippen molar-refractivity contribution in [2.24, 2.45) is 5.92 Å². The van der Waals surface area contributed by atoms with Crippen molar-refractivity contribution >= 4 is 6.09 Å². The Labute approximate surface area is 166 Å². The molecule has 2 N–H and O–H groups in total. The van der Waals surface area contributed by atoms with Gasteiger partial charge in [-0.1, -0.05) is 26.0 Å². The second kappa shape index (κ2) is 10.6. The van der Waals surface area contributed by atoms with Crippen LogP contribution in [0.1, 0.15) is 60.3 Å². The van der Waals surface area contributed by atoms with E-state index in [0.29, 0.717) is 37.4 Å². The van der Waals surface area contributed by atoms with Crippen LogP contribution in [0.25, 0.3) is 0 Å². The number of carbonyl (C=O) groups is 1. The summed E-state index contributed by atoms with van der Waals surface area (Å²) in [6.07, 6.45) is 1.89. The molecule has 0 bridgehead atoms. The van der Waals surface area contributed by atoms with Crippen LogP contribution in [-0.4, -0.2) is 31.0 Å². The van der Waals surface area contributed by atoms with Crippen molar-refractivity contribution in [2.75, 3.05) is 13.1 Å². The molecule has 160 valence electrons. The Bertz CT molecular complexity index is 614. The first-order chi connectivity index (χ1) is 12.9. The van der Waals surface area contributed by atoms with E-state index in [2.05, 4.69) is 17.6 Å². The van der Waals surface area contributed by atoms with E-state index in [9.17, 15) is 18.0 Å². The summed E-state index contributed by atoms with van der Waals surface area (Å²) in [4.78, 5) is 11.7. The molecule has 28 heavy (non-hydrogen) atoms. The summed E-state index contributed by atoms with van der Waals surface area (Å²) in [5.41, 5.74) is 0.411. The van der Waals surface area contributed by atoms with Crippen LogP contribution >= 0.6 is 0 Å². The molecular weight excluding hydrogens is 369 g/mol. The van der Waals surface area contributed by atoms with Crippen molar-refractivity contribution in [1.29, 1.82) is 0 Å². The highest BCUT2D eigenvalue weighted by atomic mass is 19.4. The number of nitrogens with one attached hydrogen (secondary N) is 2. The molecule has 7 heteroatoms. The number of amides is 1. The van der Waals surface area contributed by atoms with Gasteiger partial charge in [-0.25, -0.2) is 4.79 Å². The first-order valence-electron chi connectivity index (χ1n) is 9.80. The number of alkyl halides is 3. The third-order valence-electron chi connectivity index (χ3n) is 4.35. The van der Waals surface area contributed by atoms with Gasteiger partial charge < -0.3 is 15.4 Å². The topological polar surface area (TPSA) is 50.4 Å². The molecule has 0 fully saturated rings. The van der Waals surface area contributed by atoms with Gasteiger partial charge in [-0.05, 0) is 64.0 Å². The molecule has 1 aliphatic rings. The first-order valence-corrected chi connectivity index (χ1v) is 9.80. The Balaban J connectivity index is 2.60. The summed E-state index contributed by atoms with van der Waals surface area (Å²) in [6, 6.07) is 0. The number of halogens is 3. The third kappa shape index (κ3) is 9.33. The Kier molecular flexibility index (Phi) is 9.11. The van der Waals surface area contributed by atoms with Gasteiger partial charge in [0, 0.05) is 18.8 Å². The predicted molar refractivity (Wildman–Crippen MR) is 106 cm³/mol. The van der Waals surface area contributed by atoms with Crippen LogP contribution in [0, 0.1) is 5.92 Å². The zero-order valence-electron chi connectivity index (χ0n) is 17.5. The number of hydrogen-bond acceptors (Lipinski definition) is 3. The minimum Gasteiger partial charge on any atom is -0.444 e. The van der Waals surface area contributed by atoms with Gasteiger partial charge in [-0.2, -0.15) is 13.2 Å². The van der Waals surface area contributed by atoms with Crippen molar-refractivity contribution in [1.82, 2.24) is 10.6 Å². The van der Waals surface area contributed by atoms with Crippen molar-refractivity contribution in [3.05, 3.63) is 35.1 Å². The molecular formula is C21H33F3N2O2. The standard InChI is InChI=1S/C21H33F3N2O2/c1-6-16-14-17(21(22,23)24)8-7-12-25-18(16)10-9-15(2)11-13-26-19(27)28-20(3,4)5/h7-8,14-15,25H,6,9-13H2,1-5H3,(H,26,27)/b8-7+,17-14?,18-16?. The summed E-state index contributed by atoms with van der Waals surface area (Å²) in [6.45, 7) is 10.2. The summed E-state index contributed by atoms with van der Waals surface area (Å²) in [5.74, 6) is 0.314. The van der Waals surface area contributed by atoms with Crippen LogP contribution in [0.4, 0.5) is 18.0 Å². The zero-order chi connectivity index (χ0) is 21.4. The lowest BCUT2D eigenvalue weighted by atomic mass is 9.96. The van der Waals surface area contributed by atoms with Crippen molar-refractivity contribution < 1.29 is 22.7 Å². The summed E-state index contributed by atoms with van der Waals surface area (Å²) >= 11 is 0. The summed E-state index contributed by atoms with van der Waals surface area (Å²) < 4.78 is 44.5. The molecule has 0 radical (unpaired) electrons. The van der Waals surface area contributed by atoms with Crippen LogP contribution in [0.3, 0.4) is 0 Å². The second-order valence-electron chi connectivity index (χ2n) is 8.10. The van der Waals surface area contributed by atoms with Gasteiger partial charge in [-0.15, -0.1) is 0 Å². The molecule has 0 saturated carbocycles. The lowest BCUT2D eigenvalue weighted by molar-refractivity contribution is -0.0882. The van der Waals surface area contributed by atoms with E-state index in [1.807, 2.05) is 27.7 Å². The third-order valence-corrected chi connectivity index (χ3v) is 4.35. The fraction of sp³-hybridized carbons (Fsp3) is 0.667. The molecule has 1 unspecified atom stereocenters. The van der Waals surface area contributed by atoms with Gasteiger partial charge in [-0.3, -0.25) is 0 Å². The molecule has 1 rings (SSSR count). The van der Waals surface area contributed by atoms with E-state index in [0.717, 1.165) is 24.6 Å². The predicted octanol–water partition coefficient (Wildman–Crippen LogP) is 5.63. The highest BCUT2D eigenvalue weighted by Gasteiger charge is 2.32. The molecule has 0 aromatic heterocycles. The van der Waals surface area contributed by atoms with Gasteiger partial charge in [0.15, 0.2) is 0 Å².